The summed E-state index contributed by atoms with van der Waals surface area (Å²) >= 11 is 0. The Balaban J connectivity index is 2.06. The van der Waals surface area contributed by atoms with E-state index in [-0.39, 0.29) is 11.5 Å². The number of anilines is 1. The van der Waals surface area contributed by atoms with E-state index in [0.717, 1.165) is 37.2 Å². The lowest BCUT2D eigenvalue weighted by Crippen LogP contribution is -2.39. The topological polar surface area (TPSA) is 94.0 Å². The standard InChI is InChI=1S/C30H45N3O5/c1-19(2)24(36-9)18-37-21-10-11-23(32-16-21)22-17-31-20(3)25(27(28(34)35)38-29(4,5)6)26(22)33-14-12-30(7,8)13-15-33/h10-11,16-17,19,24,27H,12-15,18H2,1-9H3,(H,34,35)/t24?,27-/m0/s1. The van der Waals surface area contributed by atoms with E-state index in [2.05, 4.69) is 37.6 Å². The number of ether oxygens (including phenoxy) is 3. The van der Waals surface area contributed by atoms with Crippen LogP contribution in [0, 0.1) is 18.3 Å². The van der Waals surface area contributed by atoms with Crippen molar-refractivity contribution in [2.45, 2.75) is 86.0 Å². The molecule has 0 aromatic carbocycles. The normalized spacial score (nSPS) is 17.4. The summed E-state index contributed by atoms with van der Waals surface area (Å²) in [6, 6.07) is 3.79. The van der Waals surface area contributed by atoms with Gasteiger partial charge in [0.15, 0.2) is 6.10 Å². The molecule has 2 atom stereocenters. The van der Waals surface area contributed by atoms with E-state index >= 15 is 0 Å². The highest BCUT2D eigenvalue weighted by Crippen LogP contribution is 2.43. The number of methoxy groups -OCH3 is 1. The summed E-state index contributed by atoms with van der Waals surface area (Å²) in [6.07, 6.45) is 4.34. The Bertz CT molecular complexity index is 1080. The molecule has 3 rings (SSSR count). The molecule has 0 radical (unpaired) electrons. The van der Waals surface area contributed by atoms with Crippen LogP contribution in [0.5, 0.6) is 5.75 Å². The Morgan fingerprint density at radius 2 is 1.79 bits per heavy atom. The molecule has 210 valence electrons. The van der Waals surface area contributed by atoms with Gasteiger partial charge >= 0.3 is 5.97 Å². The van der Waals surface area contributed by atoms with Crippen LogP contribution >= 0.6 is 0 Å². The van der Waals surface area contributed by atoms with E-state index in [9.17, 15) is 9.90 Å². The number of carboxylic acid groups (broad SMARTS) is 1. The average Bonchev–Trinajstić information content (AvgIpc) is 2.83. The lowest BCUT2D eigenvalue weighted by atomic mass is 9.82. The lowest BCUT2D eigenvalue weighted by molar-refractivity contribution is -0.160. The first-order valence-electron chi connectivity index (χ1n) is 13.5. The Kier molecular flexibility index (Phi) is 9.42. The summed E-state index contributed by atoms with van der Waals surface area (Å²) in [5, 5.41) is 10.3. The van der Waals surface area contributed by atoms with Gasteiger partial charge < -0.3 is 24.2 Å². The van der Waals surface area contributed by atoms with Crippen molar-refractivity contribution in [1.82, 2.24) is 9.97 Å². The molecule has 1 aliphatic rings. The summed E-state index contributed by atoms with van der Waals surface area (Å²) in [6.45, 7) is 18.3. The third-order valence-corrected chi connectivity index (χ3v) is 7.15. The minimum absolute atomic E-state index is 0.00995. The van der Waals surface area contributed by atoms with Gasteiger partial charge in [0.25, 0.3) is 0 Å². The van der Waals surface area contributed by atoms with Gasteiger partial charge in [0, 0.05) is 43.2 Å². The first-order valence-corrected chi connectivity index (χ1v) is 13.5. The monoisotopic (exact) mass is 527 g/mol. The maximum Gasteiger partial charge on any atom is 0.337 e. The molecule has 1 unspecified atom stereocenters. The van der Waals surface area contributed by atoms with Gasteiger partial charge in [-0.15, -0.1) is 0 Å². The summed E-state index contributed by atoms with van der Waals surface area (Å²) in [5.41, 5.74) is 3.15. The number of pyridine rings is 2. The molecule has 1 fully saturated rings. The minimum Gasteiger partial charge on any atom is -0.489 e. The lowest BCUT2D eigenvalue weighted by Gasteiger charge is -2.40. The zero-order valence-electron chi connectivity index (χ0n) is 24.5. The molecule has 0 saturated carbocycles. The number of hydrogen-bond acceptors (Lipinski definition) is 7. The molecule has 1 N–H and O–H groups in total. The molecule has 0 aliphatic carbocycles. The highest BCUT2D eigenvalue weighted by atomic mass is 16.5. The SMILES string of the molecule is COC(COc1ccc(-c2cnc(C)c([C@H](OC(C)(C)C)C(=O)O)c2N2CCC(C)(C)CC2)nc1)C(C)C. The molecule has 1 saturated heterocycles. The van der Waals surface area contributed by atoms with Gasteiger partial charge in [-0.05, 0) is 64.0 Å². The summed E-state index contributed by atoms with van der Waals surface area (Å²) in [7, 11) is 1.69. The molecule has 2 aromatic rings. The van der Waals surface area contributed by atoms with Gasteiger partial charge in [-0.1, -0.05) is 27.7 Å². The fourth-order valence-electron chi connectivity index (χ4n) is 4.71. The Hall–Kier alpha value is -2.71. The molecule has 0 amide bonds. The number of carboxylic acids is 1. The van der Waals surface area contributed by atoms with Gasteiger partial charge in [0.05, 0.1) is 29.3 Å². The van der Waals surface area contributed by atoms with Crippen molar-refractivity contribution >= 4 is 11.7 Å². The quantitative estimate of drug-likeness (QED) is 0.398. The number of aliphatic carboxylic acids is 1. The predicted octanol–water partition coefficient (Wildman–Crippen LogP) is 6.07. The first kappa shape index (κ1) is 29.8. The van der Waals surface area contributed by atoms with Crippen LogP contribution in [-0.2, 0) is 14.3 Å². The van der Waals surface area contributed by atoms with Crippen LogP contribution in [0.1, 0.15) is 78.7 Å². The molecule has 38 heavy (non-hydrogen) atoms. The third kappa shape index (κ3) is 7.44. The highest BCUT2D eigenvalue weighted by molar-refractivity contribution is 5.85. The minimum atomic E-state index is -1.16. The second-order valence-electron chi connectivity index (χ2n) is 12.3. The molecule has 3 heterocycles. The van der Waals surface area contributed by atoms with E-state index < -0.39 is 17.7 Å². The maximum atomic E-state index is 12.5. The third-order valence-electron chi connectivity index (χ3n) is 7.15. The zero-order valence-corrected chi connectivity index (χ0v) is 24.5. The van der Waals surface area contributed by atoms with E-state index in [4.69, 9.17) is 19.2 Å². The van der Waals surface area contributed by atoms with Crippen LogP contribution in [0.15, 0.2) is 24.5 Å². The Labute approximate surface area is 227 Å². The number of nitrogens with zero attached hydrogens (tertiary/aromatic N) is 3. The van der Waals surface area contributed by atoms with Gasteiger partial charge in [0.1, 0.15) is 12.4 Å². The zero-order chi connectivity index (χ0) is 28.3. The molecular formula is C30H45N3O5. The van der Waals surface area contributed by atoms with Crippen LogP contribution in [0.4, 0.5) is 5.69 Å². The predicted molar refractivity (Wildman–Crippen MR) is 150 cm³/mol. The van der Waals surface area contributed by atoms with Crippen LogP contribution < -0.4 is 9.64 Å². The number of aromatic nitrogens is 2. The fraction of sp³-hybridized carbons (Fsp3) is 0.633. The average molecular weight is 528 g/mol. The number of hydrogen-bond donors (Lipinski definition) is 1. The largest absolute Gasteiger partial charge is 0.489 e. The van der Waals surface area contributed by atoms with Crippen LogP contribution in [-0.4, -0.2) is 59.6 Å². The maximum absolute atomic E-state index is 12.5. The summed E-state index contributed by atoms with van der Waals surface area (Å²) < 4.78 is 17.6. The van der Waals surface area contributed by atoms with Gasteiger partial charge in [-0.2, -0.15) is 0 Å². The number of rotatable bonds is 10. The summed E-state index contributed by atoms with van der Waals surface area (Å²) in [4.78, 5) is 24.2. The smallest absolute Gasteiger partial charge is 0.337 e. The van der Waals surface area contributed by atoms with E-state index in [1.807, 2.05) is 39.8 Å². The van der Waals surface area contributed by atoms with Crippen molar-refractivity contribution < 1.29 is 24.1 Å². The molecular weight excluding hydrogens is 482 g/mol. The van der Waals surface area contributed by atoms with Crippen LogP contribution in [0.2, 0.25) is 0 Å². The van der Waals surface area contributed by atoms with Crippen molar-refractivity contribution in [3.8, 4) is 17.0 Å². The number of piperidine rings is 1. The van der Waals surface area contributed by atoms with E-state index in [0.29, 0.717) is 35.2 Å². The second-order valence-corrected chi connectivity index (χ2v) is 12.3. The fourth-order valence-corrected chi connectivity index (χ4v) is 4.71. The van der Waals surface area contributed by atoms with E-state index in [1.54, 1.807) is 19.5 Å². The number of aryl methyl sites for hydroxylation is 1. The van der Waals surface area contributed by atoms with Crippen molar-refractivity contribution in [2.24, 2.45) is 11.3 Å². The Morgan fingerprint density at radius 3 is 2.29 bits per heavy atom. The van der Waals surface area contributed by atoms with E-state index in [1.165, 1.54) is 0 Å². The second kappa shape index (κ2) is 12.0. The van der Waals surface area contributed by atoms with Gasteiger partial charge in [-0.3, -0.25) is 9.97 Å². The van der Waals surface area contributed by atoms with Crippen molar-refractivity contribution in [3.63, 3.8) is 0 Å². The van der Waals surface area contributed by atoms with Crippen molar-refractivity contribution in [3.05, 3.63) is 35.8 Å². The van der Waals surface area contributed by atoms with Crippen LogP contribution in [0.3, 0.4) is 0 Å². The Morgan fingerprint density at radius 1 is 1.13 bits per heavy atom. The molecule has 2 aromatic heterocycles. The highest BCUT2D eigenvalue weighted by Gasteiger charge is 2.36. The van der Waals surface area contributed by atoms with Gasteiger partial charge in [-0.25, -0.2) is 4.79 Å². The molecule has 0 spiro atoms. The summed E-state index contributed by atoms with van der Waals surface area (Å²) in [5.74, 6) is -0.0496. The van der Waals surface area contributed by atoms with Crippen molar-refractivity contribution in [2.75, 3.05) is 31.7 Å². The molecule has 8 heteroatoms. The number of carbonyl (C=O) groups is 1. The first-order chi connectivity index (χ1) is 17.7. The van der Waals surface area contributed by atoms with Crippen molar-refractivity contribution in [1.29, 1.82) is 0 Å². The molecule has 1 aliphatic heterocycles. The molecule has 0 bridgehead atoms. The van der Waals surface area contributed by atoms with Gasteiger partial charge in [0.2, 0.25) is 0 Å². The van der Waals surface area contributed by atoms with Crippen LogP contribution in [0.25, 0.3) is 11.3 Å². The molecule has 8 nitrogen and oxygen atoms in total.